The van der Waals surface area contributed by atoms with Gasteiger partial charge in [0, 0.05) is 10.1 Å². The fourth-order valence-electron chi connectivity index (χ4n) is 1.23. The van der Waals surface area contributed by atoms with Crippen molar-refractivity contribution in [3.05, 3.63) is 39.8 Å². The lowest BCUT2D eigenvalue weighted by Gasteiger charge is -1.99. The monoisotopic (exact) mass is 330 g/mol. The van der Waals surface area contributed by atoms with Crippen molar-refractivity contribution in [2.24, 2.45) is 0 Å². The Labute approximate surface area is 107 Å². The molecule has 1 N–H and O–H groups in total. The average molecular weight is 330 g/mol. The molecule has 0 aliphatic rings. The Bertz CT molecular complexity index is 471. The molecule has 1 aromatic heterocycles. The van der Waals surface area contributed by atoms with Crippen LogP contribution in [-0.2, 0) is 6.54 Å². The zero-order chi connectivity index (χ0) is 11.4. The Balaban J connectivity index is 2.08. The van der Waals surface area contributed by atoms with E-state index in [1.165, 1.54) is 0 Å². The quantitative estimate of drug-likeness (QED) is 0.876. The molecule has 16 heavy (non-hydrogen) atoms. The molecule has 0 radical (unpaired) electrons. The van der Waals surface area contributed by atoms with Gasteiger partial charge in [-0.2, -0.15) is 4.98 Å². The molecule has 0 amide bonds. The maximum absolute atomic E-state index is 5.48. The van der Waals surface area contributed by atoms with Crippen LogP contribution in [0.3, 0.4) is 0 Å². The third-order valence-electron chi connectivity index (χ3n) is 1.89. The molecule has 84 valence electrons. The lowest BCUT2D eigenvalue weighted by Crippen LogP contribution is -2.04. The Morgan fingerprint density at radius 3 is 3.12 bits per heavy atom. The number of rotatable bonds is 4. The fourth-order valence-corrected chi connectivity index (χ4v) is 1.74. The fraction of sp³-hybridized carbons (Fsp3) is 0.182. The molecule has 1 aromatic carbocycles. The van der Waals surface area contributed by atoms with Crippen molar-refractivity contribution in [3.63, 3.8) is 0 Å². The number of oxazole rings is 1. The van der Waals surface area contributed by atoms with Crippen molar-refractivity contribution >= 4 is 22.6 Å². The van der Waals surface area contributed by atoms with Gasteiger partial charge in [-0.25, -0.2) is 0 Å². The van der Waals surface area contributed by atoms with Crippen LogP contribution in [-0.4, -0.2) is 12.0 Å². The summed E-state index contributed by atoms with van der Waals surface area (Å²) >= 11 is 2.23. The highest BCUT2D eigenvalue weighted by Crippen LogP contribution is 2.22. The molecule has 0 saturated carbocycles. The summed E-state index contributed by atoms with van der Waals surface area (Å²) in [5.74, 6) is 0.727. The van der Waals surface area contributed by atoms with E-state index in [1.807, 2.05) is 31.3 Å². The number of aromatic nitrogens is 1. The van der Waals surface area contributed by atoms with Crippen molar-refractivity contribution in [2.45, 2.75) is 6.54 Å². The van der Waals surface area contributed by atoms with Crippen molar-refractivity contribution < 1.29 is 9.15 Å². The van der Waals surface area contributed by atoms with E-state index in [4.69, 9.17) is 9.15 Å². The maximum Gasteiger partial charge on any atom is 0.399 e. The zero-order valence-corrected chi connectivity index (χ0v) is 10.9. The number of ether oxygens (including phenoxy) is 1. The van der Waals surface area contributed by atoms with Gasteiger partial charge in [0.1, 0.15) is 12.0 Å². The van der Waals surface area contributed by atoms with Gasteiger partial charge in [0.15, 0.2) is 0 Å². The first kappa shape index (κ1) is 11.4. The first-order valence-corrected chi connectivity index (χ1v) is 5.88. The van der Waals surface area contributed by atoms with Gasteiger partial charge in [0.05, 0.1) is 5.69 Å². The second-order valence-electron chi connectivity index (χ2n) is 3.19. The van der Waals surface area contributed by atoms with E-state index in [2.05, 4.69) is 32.9 Å². The smallest absolute Gasteiger partial charge is 0.399 e. The summed E-state index contributed by atoms with van der Waals surface area (Å²) in [6.07, 6.45) is 1.85. The van der Waals surface area contributed by atoms with E-state index >= 15 is 0 Å². The summed E-state index contributed by atoms with van der Waals surface area (Å²) in [7, 11) is 1.86. The van der Waals surface area contributed by atoms with Gasteiger partial charge in [0.2, 0.25) is 0 Å². The summed E-state index contributed by atoms with van der Waals surface area (Å²) in [6.45, 7) is 0.666. The molecule has 0 bridgehead atoms. The standard InChI is InChI=1S/C11H11IN2O2/c1-13-6-9-7-15-11(14-9)16-10-4-2-3-8(12)5-10/h2-5,7,13H,6H2,1H3. The molecular weight excluding hydrogens is 319 g/mol. The molecule has 0 aliphatic heterocycles. The van der Waals surface area contributed by atoms with Crippen LogP contribution in [0.1, 0.15) is 5.69 Å². The summed E-state index contributed by atoms with van der Waals surface area (Å²) in [5.41, 5.74) is 0.822. The highest BCUT2D eigenvalue weighted by Gasteiger charge is 2.05. The normalized spacial score (nSPS) is 10.4. The minimum atomic E-state index is 0.271. The molecule has 0 unspecified atom stereocenters. The molecule has 0 spiro atoms. The number of benzene rings is 1. The maximum atomic E-state index is 5.48. The minimum absolute atomic E-state index is 0.271. The summed E-state index contributed by atoms with van der Waals surface area (Å²) in [6, 6.07) is 7.70. The van der Waals surface area contributed by atoms with Crippen LogP contribution in [0.25, 0.3) is 0 Å². The van der Waals surface area contributed by atoms with E-state index < -0.39 is 0 Å². The number of hydrogen-bond donors (Lipinski definition) is 1. The second kappa shape index (κ2) is 5.31. The largest absolute Gasteiger partial charge is 0.417 e. The topological polar surface area (TPSA) is 47.3 Å². The molecule has 2 rings (SSSR count). The van der Waals surface area contributed by atoms with Crippen LogP contribution in [0.5, 0.6) is 11.8 Å². The lowest BCUT2D eigenvalue weighted by molar-refractivity contribution is 0.330. The predicted molar refractivity (Wildman–Crippen MR) is 68.5 cm³/mol. The molecule has 0 fully saturated rings. The van der Waals surface area contributed by atoms with Gasteiger partial charge in [-0.1, -0.05) is 6.07 Å². The van der Waals surface area contributed by atoms with E-state index in [9.17, 15) is 0 Å². The van der Waals surface area contributed by atoms with Gasteiger partial charge in [0.25, 0.3) is 0 Å². The van der Waals surface area contributed by atoms with Crippen LogP contribution in [0.4, 0.5) is 0 Å². The second-order valence-corrected chi connectivity index (χ2v) is 4.44. The van der Waals surface area contributed by atoms with E-state index in [0.717, 1.165) is 15.0 Å². The molecule has 0 atom stereocenters. The molecule has 1 heterocycles. The van der Waals surface area contributed by atoms with Gasteiger partial charge >= 0.3 is 6.08 Å². The molecule has 5 heteroatoms. The number of nitrogens with zero attached hydrogens (tertiary/aromatic N) is 1. The van der Waals surface area contributed by atoms with Gasteiger partial charge < -0.3 is 14.5 Å². The molecule has 4 nitrogen and oxygen atoms in total. The van der Waals surface area contributed by atoms with Gasteiger partial charge in [-0.05, 0) is 47.8 Å². The van der Waals surface area contributed by atoms with Crippen LogP contribution < -0.4 is 10.1 Å². The van der Waals surface area contributed by atoms with Crippen LogP contribution in [0.2, 0.25) is 0 Å². The van der Waals surface area contributed by atoms with Crippen LogP contribution in [0.15, 0.2) is 34.9 Å². The Kier molecular flexibility index (Phi) is 3.79. The Hall–Kier alpha value is -1.08. The zero-order valence-electron chi connectivity index (χ0n) is 8.74. The van der Waals surface area contributed by atoms with Crippen molar-refractivity contribution in [3.8, 4) is 11.8 Å². The van der Waals surface area contributed by atoms with Crippen molar-refractivity contribution in [1.29, 1.82) is 0 Å². The van der Waals surface area contributed by atoms with Crippen molar-refractivity contribution in [2.75, 3.05) is 7.05 Å². The number of nitrogens with one attached hydrogen (secondary N) is 1. The molecular formula is C11H11IN2O2. The molecule has 2 aromatic rings. The highest BCUT2D eigenvalue weighted by atomic mass is 127. The summed E-state index contributed by atoms with van der Waals surface area (Å²) in [5, 5.41) is 2.99. The van der Waals surface area contributed by atoms with E-state index in [-0.39, 0.29) is 6.08 Å². The predicted octanol–water partition coefficient (Wildman–Crippen LogP) is 2.79. The van der Waals surface area contributed by atoms with Crippen LogP contribution in [0, 0.1) is 3.57 Å². The van der Waals surface area contributed by atoms with Gasteiger partial charge in [-0.15, -0.1) is 0 Å². The van der Waals surface area contributed by atoms with Gasteiger partial charge in [-0.3, -0.25) is 0 Å². The van der Waals surface area contributed by atoms with E-state index in [0.29, 0.717) is 6.54 Å². The highest BCUT2D eigenvalue weighted by molar-refractivity contribution is 14.1. The summed E-state index contributed by atoms with van der Waals surface area (Å²) in [4.78, 5) is 4.17. The number of hydrogen-bond acceptors (Lipinski definition) is 4. The van der Waals surface area contributed by atoms with E-state index in [1.54, 1.807) is 6.26 Å². The first-order valence-electron chi connectivity index (χ1n) is 4.80. The average Bonchev–Trinajstić information content (AvgIpc) is 2.66. The SMILES string of the molecule is CNCc1coc(Oc2cccc(I)c2)n1. The van der Waals surface area contributed by atoms with Crippen molar-refractivity contribution in [1.82, 2.24) is 10.3 Å². The molecule has 0 aliphatic carbocycles. The first-order chi connectivity index (χ1) is 7.78. The third-order valence-corrected chi connectivity index (χ3v) is 2.56. The lowest BCUT2D eigenvalue weighted by atomic mass is 10.3. The summed E-state index contributed by atoms with van der Waals surface area (Å²) < 4.78 is 11.8. The molecule has 0 saturated heterocycles. The third kappa shape index (κ3) is 2.96. The minimum Gasteiger partial charge on any atom is -0.417 e. The van der Waals surface area contributed by atoms with Crippen LogP contribution >= 0.6 is 22.6 Å². The number of halogens is 1. The Morgan fingerprint density at radius 1 is 1.50 bits per heavy atom. The Morgan fingerprint density at radius 2 is 2.38 bits per heavy atom.